The van der Waals surface area contributed by atoms with Crippen molar-refractivity contribution >= 4 is 17.4 Å². The van der Waals surface area contributed by atoms with Gasteiger partial charge in [0.15, 0.2) is 23.0 Å². The van der Waals surface area contributed by atoms with E-state index < -0.39 is 17.7 Å². The minimum absolute atomic E-state index is 0.0275. The molecule has 0 saturated carbocycles. The number of Topliss-reactive ketones (excluding diaryl/α,β-unsaturated/α-hetero) is 1. The van der Waals surface area contributed by atoms with Gasteiger partial charge in [-0.15, -0.1) is 0 Å². The number of amides is 1. The van der Waals surface area contributed by atoms with Crippen LogP contribution in [0.3, 0.4) is 0 Å². The fourth-order valence-electron chi connectivity index (χ4n) is 5.33. The van der Waals surface area contributed by atoms with Crippen molar-refractivity contribution in [2.45, 2.75) is 26.3 Å². The van der Waals surface area contributed by atoms with E-state index in [2.05, 4.69) is 4.90 Å². The van der Waals surface area contributed by atoms with E-state index in [0.29, 0.717) is 86.7 Å². The highest BCUT2D eigenvalue weighted by Gasteiger charge is 2.46. The Kier molecular flexibility index (Phi) is 8.76. The van der Waals surface area contributed by atoms with Crippen molar-refractivity contribution in [1.29, 1.82) is 0 Å². The number of nitrogens with zero attached hydrogens (tertiary/aromatic N) is 2. The second kappa shape index (κ2) is 12.6. The van der Waals surface area contributed by atoms with Gasteiger partial charge in [-0.1, -0.05) is 6.07 Å². The summed E-state index contributed by atoms with van der Waals surface area (Å²) in [5.41, 5.74) is 1.05. The molecule has 2 aromatic carbocycles. The topological polar surface area (TPSA) is 107 Å². The maximum atomic E-state index is 13.5. The summed E-state index contributed by atoms with van der Waals surface area (Å²) < 4.78 is 28.3. The minimum atomic E-state index is -0.798. The molecule has 1 unspecified atom stereocenters. The summed E-state index contributed by atoms with van der Waals surface area (Å²) in [4.78, 5) is 30.8. The lowest BCUT2D eigenvalue weighted by Crippen LogP contribution is -2.39. The molecule has 10 nitrogen and oxygen atoms in total. The zero-order valence-electron chi connectivity index (χ0n) is 23.0. The lowest BCUT2D eigenvalue weighted by molar-refractivity contribution is -0.140. The molecule has 40 heavy (non-hydrogen) atoms. The van der Waals surface area contributed by atoms with Crippen LogP contribution in [0.5, 0.6) is 23.0 Å². The van der Waals surface area contributed by atoms with E-state index in [-0.39, 0.29) is 11.3 Å². The number of hydrogen-bond acceptors (Lipinski definition) is 9. The molecule has 0 spiro atoms. The minimum Gasteiger partial charge on any atom is -0.507 e. The van der Waals surface area contributed by atoms with Crippen molar-refractivity contribution in [3.63, 3.8) is 0 Å². The number of aliphatic hydroxyl groups excluding tert-OH is 1. The van der Waals surface area contributed by atoms with Crippen molar-refractivity contribution in [3.8, 4) is 23.0 Å². The maximum absolute atomic E-state index is 13.5. The van der Waals surface area contributed by atoms with Gasteiger partial charge in [0.2, 0.25) is 0 Å². The second-order valence-corrected chi connectivity index (χ2v) is 9.73. The number of aliphatic hydroxyl groups is 1. The Balaban J connectivity index is 1.53. The first-order valence-corrected chi connectivity index (χ1v) is 13.9. The van der Waals surface area contributed by atoms with Gasteiger partial charge in [0, 0.05) is 31.7 Å². The lowest BCUT2D eigenvalue weighted by atomic mass is 9.94. The monoisotopic (exact) mass is 552 g/mol. The molecular formula is C30H36N2O8. The maximum Gasteiger partial charge on any atom is 0.295 e. The molecule has 0 aliphatic carbocycles. The smallest absolute Gasteiger partial charge is 0.295 e. The van der Waals surface area contributed by atoms with Gasteiger partial charge in [-0.3, -0.25) is 14.5 Å². The highest BCUT2D eigenvalue weighted by molar-refractivity contribution is 6.46. The van der Waals surface area contributed by atoms with E-state index >= 15 is 0 Å². The Hall–Kier alpha value is -3.76. The first-order valence-electron chi connectivity index (χ1n) is 13.9. The lowest BCUT2D eigenvalue weighted by Gasteiger charge is -2.29. The van der Waals surface area contributed by atoms with Crippen LogP contribution in [0, 0.1) is 0 Å². The Morgan fingerprint density at radius 3 is 2.38 bits per heavy atom. The van der Waals surface area contributed by atoms with Gasteiger partial charge in [0.05, 0.1) is 38.0 Å². The van der Waals surface area contributed by atoms with E-state index in [9.17, 15) is 14.7 Å². The summed E-state index contributed by atoms with van der Waals surface area (Å²) in [7, 11) is 0. The van der Waals surface area contributed by atoms with E-state index in [0.717, 1.165) is 19.6 Å². The summed E-state index contributed by atoms with van der Waals surface area (Å²) in [6.45, 7) is 9.64. The van der Waals surface area contributed by atoms with Crippen molar-refractivity contribution < 1.29 is 38.4 Å². The highest BCUT2D eigenvalue weighted by atomic mass is 16.6. The number of fused-ring (bicyclic) bond motifs is 1. The van der Waals surface area contributed by atoms with Crippen LogP contribution in [0.1, 0.15) is 37.4 Å². The van der Waals surface area contributed by atoms with Gasteiger partial charge in [-0.2, -0.15) is 0 Å². The molecule has 214 valence electrons. The third-order valence-corrected chi connectivity index (χ3v) is 7.22. The number of rotatable bonds is 10. The SMILES string of the molecule is CCOc1ccc(C2C(=C(O)c3ccc4c(c3)OCCO4)C(=O)C(=O)N2CCCN2CCOCC2)cc1OCC. The van der Waals surface area contributed by atoms with Crippen molar-refractivity contribution in [1.82, 2.24) is 9.80 Å². The molecule has 2 aromatic rings. The van der Waals surface area contributed by atoms with E-state index in [1.165, 1.54) is 0 Å². The Morgan fingerprint density at radius 1 is 0.900 bits per heavy atom. The molecule has 3 heterocycles. The predicted molar refractivity (Wildman–Crippen MR) is 147 cm³/mol. The number of carbonyl (C=O) groups is 2. The Labute approximate surface area is 234 Å². The normalized spacial score (nSPS) is 20.6. The van der Waals surface area contributed by atoms with E-state index in [1.54, 1.807) is 35.2 Å². The molecule has 1 atom stereocenters. The van der Waals surface area contributed by atoms with Crippen LogP contribution in [0.25, 0.3) is 5.76 Å². The van der Waals surface area contributed by atoms with Crippen molar-refractivity contribution in [2.24, 2.45) is 0 Å². The highest BCUT2D eigenvalue weighted by Crippen LogP contribution is 2.43. The average molecular weight is 553 g/mol. The first kappa shape index (κ1) is 27.8. The molecule has 3 aliphatic heterocycles. The number of hydrogen-bond donors (Lipinski definition) is 1. The molecule has 2 fully saturated rings. The molecule has 3 aliphatic rings. The quantitative estimate of drug-likeness (QED) is 0.270. The van der Waals surface area contributed by atoms with Gasteiger partial charge in [-0.05, 0) is 56.2 Å². The summed E-state index contributed by atoms with van der Waals surface area (Å²) >= 11 is 0. The molecule has 1 N–H and O–H groups in total. The zero-order valence-corrected chi connectivity index (χ0v) is 23.0. The van der Waals surface area contributed by atoms with Gasteiger partial charge in [-0.25, -0.2) is 0 Å². The zero-order chi connectivity index (χ0) is 28.1. The van der Waals surface area contributed by atoms with Gasteiger partial charge >= 0.3 is 0 Å². The third kappa shape index (κ3) is 5.73. The second-order valence-electron chi connectivity index (χ2n) is 9.73. The molecule has 0 bridgehead atoms. The standard InChI is InChI=1S/C30H36N2O8/c1-3-37-22-8-6-20(18-24(22)38-4-2)27-26(28(33)21-7-9-23-25(19-21)40-17-16-39-23)29(34)30(35)32(27)11-5-10-31-12-14-36-15-13-31/h6-9,18-19,27,33H,3-5,10-17H2,1-2H3. The molecule has 0 radical (unpaired) electrons. The molecular weight excluding hydrogens is 516 g/mol. The summed E-state index contributed by atoms with van der Waals surface area (Å²) in [6.07, 6.45) is 0.670. The van der Waals surface area contributed by atoms with Crippen LogP contribution >= 0.6 is 0 Å². The largest absolute Gasteiger partial charge is 0.507 e. The van der Waals surface area contributed by atoms with Crippen molar-refractivity contribution in [3.05, 3.63) is 53.1 Å². The van der Waals surface area contributed by atoms with Gasteiger partial charge in [0.25, 0.3) is 11.7 Å². The molecule has 0 aromatic heterocycles. The van der Waals surface area contributed by atoms with Crippen LogP contribution in [0.4, 0.5) is 0 Å². The predicted octanol–water partition coefficient (Wildman–Crippen LogP) is 3.40. The molecule has 5 rings (SSSR count). The van der Waals surface area contributed by atoms with E-state index in [1.807, 2.05) is 19.9 Å². The number of morpholine rings is 1. The number of carbonyl (C=O) groups excluding carboxylic acids is 2. The fourth-order valence-corrected chi connectivity index (χ4v) is 5.33. The number of ether oxygens (including phenoxy) is 5. The van der Waals surface area contributed by atoms with E-state index in [4.69, 9.17) is 23.7 Å². The molecule has 2 saturated heterocycles. The fraction of sp³-hybridized carbons (Fsp3) is 0.467. The van der Waals surface area contributed by atoms with Crippen LogP contribution in [-0.2, 0) is 14.3 Å². The van der Waals surface area contributed by atoms with Crippen molar-refractivity contribution in [2.75, 3.05) is 65.8 Å². The molecule has 1 amide bonds. The first-order chi connectivity index (χ1) is 19.5. The van der Waals surface area contributed by atoms with Gasteiger partial charge < -0.3 is 33.7 Å². The Bertz CT molecular complexity index is 1270. The van der Waals surface area contributed by atoms with Crippen LogP contribution in [0.15, 0.2) is 42.0 Å². The summed E-state index contributed by atoms with van der Waals surface area (Å²) in [6, 6.07) is 9.58. The van der Waals surface area contributed by atoms with Crippen LogP contribution < -0.4 is 18.9 Å². The number of likely N-dealkylation sites (tertiary alicyclic amines) is 1. The third-order valence-electron chi connectivity index (χ3n) is 7.22. The number of ketones is 1. The summed E-state index contributed by atoms with van der Waals surface area (Å²) in [5, 5.41) is 11.5. The number of benzene rings is 2. The van der Waals surface area contributed by atoms with Gasteiger partial charge in [0.1, 0.15) is 19.0 Å². The summed E-state index contributed by atoms with van der Waals surface area (Å²) in [5.74, 6) is 0.503. The van der Waals surface area contributed by atoms with Crippen LogP contribution in [-0.4, -0.2) is 92.4 Å². The Morgan fingerprint density at radius 2 is 1.62 bits per heavy atom. The molecule has 10 heteroatoms. The van der Waals surface area contributed by atoms with Crippen LogP contribution in [0.2, 0.25) is 0 Å². The average Bonchev–Trinajstić information content (AvgIpc) is 3.23.